The lowest BCUT2D eigenvalue weighted by Crippen LogP contribution is -2.19. The minimum absolute atomic E-state index is 0.175. The molecule has 0 bridgehead atoms. The normalized spacial score (nSPS) is 12.5. The predicted octanol–water partition coefficient (Wildman–Crippen LogP) is 7.53. The molecule has 0 unspecified atom stereocenters. The van der Waals surface area contributed by atoms with Gasteiger partial charge >= 0.3 is 5.97 Å². The molecule has 0 N–H and O–H groups in total. The SMILES string of the molecule is C=C(/C=C/C=C/C=c1/c2cccc3cccc(c32)n1CCC(=O)OCC)c1cccc2cccc(C)c12. The molecule has 1 aromatic heterocycles. The zero-order valence-electron chi connectivity index (χ0n) is 21.4. The highest BCUT2D eigenvalue weighted by Crippen LogP contribution is 2.28. The maximum atomic E-state index is 12.1. The summed E-state index contributed by atoms with van der Waals surface area (Å²) in [7, 11) is 0. The van der Waals surface area contributed by atoms with Crippen molar-refractivity contribution >= 4 is 50.1 Å². The van der Waals surface area contributed by atoms with E-state index < -0.39 is 0 Å². The van der Waals surface area contributed by atoms with E-state index in [0.717, 1.165) is 22.0 Å². The number of carbonyl (C=O) groups is 1. The fraction of sp³-hybridized carbons (Fsp3) is 0.147. The summed E-state index contributed by atoms with van der Waals surface area (Å²) in [5, 5.41) is 7.17. The fourth-order valence-corrected chi connectivity index (χ4v) is 5.16. The number of hydrogen-bond donors (Lipinski definition) is 0. The molecule has 37 heavy (non-hydrogen) atoms. The van der Waals surface area contributed by atoms with Crippen LogP contribution in [-0.4, -0.2) is 17.1 Å². The number of esters is 1. The summed E-state index contributed by atoms with van der Waals surface area (Å²) < 4.78 is 7.40. The summed E-state index contributed by atoms with van der Waals surface area (Å²) >= 11 is 0. The van der Waals surface area contributed by atoms with Crippen LogP contribution < -0.4 is 5.35 Å². The molecule has 5 rings (SSSR count). The van der Waals surface area contributed by atoms with Gasteiger partial charge in [0.1, 0.15) is 0 Å². The first kappa shape index (κ1) is 24.3. The number of fused-ring (bicyclic) bond motifs is 1. The van der Waals surface area contributed by atoms with Crippen LogP contribution in [0.3, 0.4) is 0 Å². The molecule has 3 nitrogen and oxygen atoms in total. The van der Waals surface area contributed by atoms with E-state index in [1.54, 1.807) is 0 Å². The summed E-state index contributed by atoms with van der Waals surface area (Å²) in [4.78, 5) is 12.1. The van der Waals surface area contributed by atoms with E-state index in [4.69, 9.17) is 4.74 Å². The third-order valence-electron chi connectivity index (χ3n) is 6.82. The lowest BCUT2D eigenvalue weighted by Gasteiger charge is -2.09. The Balaban J connectivity index is 1.46. The average molecular weight is 486 g/mol. The molecule has 0 spiro atoms. The van der Waals surface area contributed by atoms with Gasteiger partial charge in [0, 0.05) is 28.2 Å². The van der Waals surface area contributed by atoms with Crippen molar-refractivity contribution in [2.75, 3.05) is 6.61 Å². The van der Waals surface area contributed by atoms with Crippen molar-refractivity contribution in [1.29, 1.82) is 0 Å². The van der Waals surface area contributed by atoms with Crippen LogP contribution in [0.15, 0.2) is 104 Å². The summed E-state index contributed by atoms with van der Waals surface area (Å²) in [6, 6.07) is 25.4. The topological polar surface area (TPSA) is 31.2 Å². The first-order valence-electron chi connectivity index (χ1n) is 12.8. The minimum Gasteiger partial charge on any atom is -0.466 e. The van der Waals surface area contributed by atoms with Crippen LogP contribution in [0.4, 0.5) is 0 Å². The van der Waals surface area contributed by atoms with E-state index >= 15 is 0 Å². The lowest BCUT2D eigenvalue weighted by molar-refractivity contribution is -0.143. The maximum Gasteiger partial charge on any atom is 0.307 e. The second kappa shape index (κ2) is 10.7. The predicted molar refractivity (Wildman–Crippen MR) is 156 cm³/mol. The summed E-state index contributed by atoms with van der Waals surface area (Å²) in [6.45, 7) is 9.27. The highest BCUT2D eigenvalue weighted by atomic mass is 16.5. The van der Waals surface area contributed by atoms with Gasteiger partial charge in [0.25, 0.3) is 0 Å². The number of carbonyl (C=O) groups excluding carboxylic acids is 1. The van der Waals surface area contributed by atoms with Gasteiger partial charge < -0.3 is 9.30 Å². The standard InChI is InChI=1S/C34H31NO2/c1-4-37-32(36)22-23-35-30(29-19-10-16-27-17-11-21-31(35)34(27)29)20-7-5-6-12-24(2)28-18-9-15-26-14-8-13-25(3)33(26)28/h5-21H,2,4,22-23H2,1,3H3/b7-5+,12-6+,30-20-. The van der Waals surface area contributed by atoms with Crippen LogP contribution in [0, 0.1) is 6.92 Å². The Morgan fingerprint density at radius 2 is 1.59 bits per heavy atom. The molecule has 0 saturated heterocycles. The number of aryl methyl sites for hydroxylation is 2. The maximum absolute atomic E-state index is 12.1. The zero-order chi connectivity index (χ0) is 25.8. The van der Waals surface area contributed by atoms with Gasteiger partial charge in [-0.1, -0.05) is 97.6 Å². The molecular weight excluding hydrogens is 454 g/mol. The van der Waals surface area contributed by atoms with Gasteiger partial charge in [-0.25, -0.2) is 0 Å². The Morgan fingerprint density at radius 1 is 0.892 bits per heavy atom. The van der Waals surface area contributed by atoms with Gasteiger partial charge in [0.2, 0.25) is 0 Å². The third kappa shape index (κ3) is 4.85. The second-order valence-electron chi connectivity index (χ2n) is 9.19. The van der Waals surface area contributed by atoms with Gasteiger partial charge in [-0.3, -0.25) is 4.79 Å². The molecular formula is C34H31NO2. The van der Waals surface area contributed by atoms with Crippen molar-refractivity contribution in [3.05, 3.63) is 120 Å². The Kier molecular flexibility index (Phi) is 7.04. The second-order valence-corrected chi connectivity index (χ2v) is 9.19. The molecule has 0 atom stereocenters. The zero-order valence-corrected chi connectivity index (χ0v) is 21.4. The first-order valence-corrected chi connectivity index (χ1v) is 12.8. The molecule has 0 aliphatic rings. The molecule has 0 fully saturated rings. The van der Waals surface area contributed by atoms with Gasteiger partial charge in [-0.05, 0) is 58.8 Å². The number of hydrogen-bond acceptors (Lipinski definition) is 2. The fourth-order valence-electron chi connectivity index (χ4n) is 5.16. The lowest BCUT2D eigenvalue weighted by atomic mass is 9.95. The Hall–Kier alpha value is -4.37. The van der Waals surface area contributed by atoms with E-state index in [1.165, 1.54) is 32.5 Å². The third-order valence-corrected chi connectivity index (χ3v) is 6.82. The molecule has 0 aliphatic carbocycles. The number of allylic oxidation sites excluding steroid dienone is 5. The smallest absolute Gasteiger partial charge is 0.307 e. The van der Waals surface area contributed by atoms with Crippen LogP contribution >= 0.6 is 0 Å². The van der Waals surface area contributed by atoms with Crippen molar-refractivity contribution in [3.63, 3.8) is 0 Å². The van der Waals surface area contributed by atoms with E-state index in [0.29, 0.717) is 19.6 Å². The van der Waals surface area contributed by atoms with Crippen LogP contribution in [0.2, 0.25) is 0 Å². The quantitative estimate of drug-likeness (QED) is 0.168. The largest absolute Gasteiger partial charge is 0.466 e. The average Bonchev–Trinajstić information content (AvgIpc) is 3.21. The Bertz CT molecular complexity index is 1720. The highest BCUT2D eigenvalue weighted by Gasteiger charge is 2.12. The van der Waals surface area contributed by atoms with Crippen molar-refractivity contribution in [3.8, 4) is 0 Å². The minimum atomic E-state index is -0.175. The van der Waals surface area contributed by atoms with E-state index in [2.05, 4.69) is 109 Å². The van der Waals surface area contributed by atoms with Crippen LogP contribution in [-0.2, 0) is 16.1 Å². The molecule has 5 aromatic rings. The van der Waals surface area contributed by atoms with E-state index in [-0.39, 0.29) is 5.97 Å². The molecule has 184 valence electrons. The molecule has 0 saturated carbocycles. The number of ether oxygens (including phenoxy) is 1. The van der Waals surface area contributed by atoms with E-state index in [9.17, 15) is 4.79 Å². The van der Waals surface area contributed by atoms with Crippen molar-refractivity contribution < 1.29 is 9.53 Å². The van der Waals surface area contributed by atoms with Crippen LogP contribution in [0.25, 0.3) is 44.1 Å². The highest BCUT2D eigenvalue weighted by molar-refractivity contribution is 6.10. The summed E-state index contributed by atoms with van der Waals surface area (Å²) in [6.07, 6.45) is 10.6. The molecule has 0 aliphatic heterocycles. The molecule has 3 heteroatoms. The van der Waals surface area contributed by atoms with Crippen molar-refractivity contribution in [2.45, 2.75) is 26.8 Å². The van der Waals surface area contributed by atoms with Gasteiger partial charge in [0.15, 0.2) is 0 Å². The number of benzene rings is 4. The first-order chi connectivity index (χ1) is 18.1. The van der Waals surface area contributed by atoms with Crippen molar-refractivity contribution in [1.82, 2.24) is 4.57 Å². The molecule has 4 aromatic carbocycles. The monoisotopic (exact) mass is 485 g/mol. The molecule has 0 amide bonds. The van der Waals surface area contributed by atoms with Crippen LogP contribution in [0.1, 0.15) is 24.5 Å². The summed E-state index contributed by atoms with van der Waals surface area (Å²) in [5.74, 6) is -0.175. The molecule has 0 radical (unpaired) electrons. The Labute approximate surface area is 217 Å². The van der Waals surface area contributed by atoms with Gasteiger partial charge in [-0.15, -0.1) is 0 Å². The van der Waals surface area contributed by atoms with Crippen molar-refractivity contribution in [2.24, 2.45) is 0 Å². The van der Waals surface area contributed by atoms with E-state index in [1.807, 2.05) is 19.1 Å². The molecule has 1 heterocycles. The number of aromatic nitrogens is 1. The summed E-state index contributed by atoms with van der Waals surface area (Å²) in [5.41, 5.74) is 4.51. The van der Waals surface area contributed by atoms with Crippen LogP contribution in [0.5, 0.6) is 0 Å². The number of rotatable bonds is 8. The van der Waals surface area contributed by atoms with Gasteiger partial charge in [-0.2, -0.15) is 0 Å². The number of nitrogens with zero attached hydrogens (tertiary/aromatic N) is 1. The van der Waals surface area contributed by atoms with Gasteiger partial charge in [0.05, 0.1) is 13.0 Å². The Morgan fingerprint density at radius 3 is 2.38 bits per heavy atom.